The summed E-state index contributed by atoms with van der Waals surface area (Å²) in [5, 5.41) is 13.0. The standard InChI is InChI=1S/C13H11N3O4/c1-2-7-15-12(17)11(14-13(15)18)8-9-3-5-10(6-4-9)16(19)20/h2-6,8H,1,7H2,(H,14,18)/b11-8+. The van der Waals surface area contributed by atoms with Crippen molar-refractivity contribution in [3.8, 4) is 0 Å². The molecule has 1 aromatic carbocycles. The van der Waals surface area contributed by atoms with Crippen molar-refractivity contribution >= 4 is 23.7 Å². The smallest absolute Gasteiger partial charge is 0.303 e. The van der Waals surface area contributed by atoms with Crippen LogP contribution < -0.4 is 5.32 Å². The molecule has 1 heterocycles. The highest BCUT2D eigenvalue weighted by molar-refractivity contribution is 6.14. The first-order chi connectivity index (χ1) is 9.52. The number of nitrogens with zero attached hydrogens (tertiary/aromatic N) is 2. The second kappa shape index (κ2) is 5.35. The molecule has 0 bridgehead atoms. The number of nitro benzene ring substituents is 1. The summed E-state index contributed by atoms with van der Waals surface area (Å²) in [6.45, 7) is 3.60. The monoisotopic (exact) mass is 273 g/mol. The number of urea groups is 1. The van der Waals surface area contributed by atoms with Gasteiger partial charge in [-0.1, -0.05) is 6.08 Å². The molecule has 102 valence electrons. The highest BCUT2D eigenvalue weighted by Gasteiger charge is 2.32. The number of nitrogens with one attached hydrogen (secondary N) is 1. The third kappa shape index (κ3) is 2.56. The maximum atomic E-state index is 11.9. The molecule has 3 amide bonds. The number of non-ortho nitro benzene ring substituents is 1. The van der Waals surface area contributed by atoms with Crippen LogP contribution in [0.1, 0.15) is 5.56 Å². The van der Waals surface area contributed by atoms with Crippen LogP contribution in [0.4, 0.5) is 10.5 Å². The Kier molecular flexibility index (Phi) is 3.60. The van der Waals surface area contributed by atoms with Gasteiger partial charge in [-0.2, -0.15) is 0 Å². The molecule has 0 atom stereocenters. The van der Waals surface area contributed by atoms with Crippen molar-refractivity contribution in [1.29, 1.82) is 0 Å². The highest BCUT2D eigenvalue weighted by Crippen LogP contribution is 2.17. The van der Waals surface area contributed by atoms with Crippen LogP contribution >= 0.6 is 0 Å². The Morgan fingerprint density at radius 1 is 1.30 bits per heavy atom. The van der Waals surface area contributed by atoms with E-state index in [9.17, 15) is 19.7 Å². The van der Waals surface area contributed by atoms with Crippen molar-refractivity contribution in [2.75, 3.05) is 6.54 Å². The fourth-order valence-electron chi connectivity index (χ4n) is 1.73. The van der Waals surface area contributed by atoms with Crippen molar-refractivity contribution in [1.82, 2.24) is 10.2 Å². The van der Waals surface area contributed by atoms with Crippen LogP contribution in [0.3, 0.4) is 0 Å². The van der Waals surface area contributed by atoms with Gasteiger partial charge in [0.05, 0.1) is 4.92 Å². The van der Waals surface area contributed by atoms with E-state index in [1.54, 1.807) is 0 Å². The van der Waals surface area contributed by atoms with E-state index >= 15 is 0 Å². The summed E-state index contributed by atoms with van der Waals surface area (Å²) in [5.74, 6) is -0.451. The van der Waals surface area contributed by atoms with Gasteiger partial charge in [-0.05, 0) is 23.8 Å². The van der Waals surface area contributed by atoms with Gasteiger partial charge in [0.15, 0.2) is 0 Å². The minimum absolute atomic E-state index is 0.0396. The van der Waals surface area contributed by atoms with E-state index in [0.717, 1.165) is 4.90 Å². The summed E-state index contributed by atoms with van der Waals surface area (Å²) in [6.07, 6.45) is 2.92. The van der Waals surface area contributed by atoms with E-state index in [0.29, 0.717) is 5.56 Å². The van der Waals surface area contributed by atoms with Crippen molar-refractivity contribution in [2.45, 2.75) is 0 Å². The van der Waals surface area contributed by atoms with Crippen LogP contribution in [-0.2, 0) is 4.79 Å². The number of imide groups is 1. The summed E-state index contributed by atoms with van der Waals surface area (Å²) < 4.78 is 0. The minimum atomic E-state index is -0.511. The zero-order chi connectivity index (χ0) is 14.7. The van der Waals surface area contributed by atoms with Crippen molar-refractivity contribution in [2.24, 2.45) is 0 Å². The summed E-state index contributed by atoms with van der Waals surface area (Å²) in [7, 11) is 0. The topological polar surface area (TPSA) is 92.6 Å². The van der Waals surface area contributed by atoms with Gasteiger partial charge >= 0.3 is 6.03 Å². The van der Waals surface area contributed by atoms with E-state index < -0.39 is 16.9 Å². The number of amides is 3. The zero-order valence-electron chi connectivity index (χ0n) is 10.4. The van der Waals surface area contributed by atoms with Crippen LogP contribution in [0.2, 0.25) is 0 Å². The van der Waals surface area contributed by atoms with Gasteiger partial charge in [0.1, 0.15) is 5.70 Å². The number of rotatable bonds is 4. The molecule has 7 nitrogen and oxygen atoms in total. The second-order valence-electron chi connectivity index (χ2n) is 4.04. The zero-order valence-corrected chi connectivity index (χ0v) is 10.4. The molecule has 0 aromatic heterocycles. The van der Waals surface area contributed by atoms with Crippen LogP contribution in [0.15, 0.2) is 42.6 Å². The fourth-order valence-corrected chi connectivity index (χ4v) is 1.73. The number of hydrogen-bond acceptors (Lipinski definition) is 4. The lowest BCUT2D eigenvalue weighted by Gasteiger charge is -2.06. The molecule has 1 aliphatic heterocycles. The molecule has 1 N–H and O–H groups in total. The van der Waals surface area contributed by atoms with Gasteiger partial charge in [0.2, 0.25) is 0 Å². The maximum absolute atomic E-state index is 11.9. The third-order valence-corrected chi connectivity index (χ3v) is 2.69. The third-order valence-electron chi connectivity index (χ3n) is 2.69. The van der Waals surface area contributed by atoms with Crippen LogP contribution in [0, 0.1) is 10.1 Å². The Morgan fingerprint density at radius 3 is 2.50 bits per heavy atom. The molecule has 0 unspecified atom stereocenters. The molecular formula is C13H11N3O4. The summed E-state index contributed by atoms with van der Waals surface area (Å²) in [4.78, 5) is 34.5. The van der Waals surface area contributed by atoms with E-state index in [4.69, 9.17) is 0 Å². The SMILES string of the molecule is C=CCN1C(=O)N/C(=C/c2ccc([N+](=O)[O-])cc2)C1=O. The van der Waals surface area contributed by atoms with Gasteiger partial charge in [-0.3, -0.25) is 19.8 Å². The number of carbonyl (C=O) groups is 2. The van der Waals surface area contributed by atoms with Crippen LogP contribution in [0.5, 0.6) is 0 Å². The molecule has 0 saturated carbocycles. The van der Waals surface area contributed by atoms with Gasteiger partial charge < -0.3 is 5.32 Å². The molecule has 20 heavy (non-hydrogen) atoms. The van der Waals surface area contributed by atoms with Crippen molar-refractivity contribution in [3.05, 3.63) is 58.3 Å². The Hall–Kier alpha value is -2.96. The number of nitro groups is 1. The normalized spacial score (nSPS) is 16.4. The predicted molar refractivity (Wildman–Crippen MR) is 71.5 cm³/mol. The Balaban J connectivity index is 2.23. The van der Waals surface area contributed by atoms with Gasteiger partial charge in [-0.15, -0.1) is 6.58 Å². The molecule has 0 spiro atoms. The summed E-state index contributed by atoms with van der Waals surface area (Å²) in [5.41, 5.74) is 0.674. The lowest BCUT2D eigenvalue weighted by atomic mass is 10.1. The molecule has 2 rings (SSSR count). The minimum Gasteiger partial charge on any atom is -0.303 e. The van der Waals surface area contributed by atoms with E-state index in [1.165, 1.54) is 36.4 Å². The molecule has 0 aliphatic carbocycles. The first-order valence-electron chi connectivity index (χ1n) is 5.73. The Labute approximate surface area is 114 Å². The summed E-state index contributed by atoms with van der Waals surface area (Å²) >= 11 is 0. The number of carbonyl (C=O) groups excluding carboxylic acids is 2. The largest absolute Gasteiger partial charge is 0.329 e. The maximum Gasteiger partial charge on any atom is 0.329 e. The molecule has 1 fully saturated rings. The molecule has 1 aromatic rings. The van der Waals surface area contributed by atoms with Crippen molar-refractivity contribution in [3.63, 3.8) is 0 Å². The van der Waals surface area contributed by atoms with Crippen LogP contribution in [0.25, 0.3) is 6.08 Å². The lowest BCUT2D eigenvalue weighted by molar-refractivity contribution is -0.384. The molecule has 1 aliphatic rings. The first-order valence-corrected chi connectivity index (χ1v) is 5.73. The fraction of sp³-hybridized carbons (Fsp3) is 0.0769. The summed E-state index contributed by atoms with van der Waals surface area (Å²) in [6, 6.07) is 5.15. The Morgan fingerprint density at radius 2 is 1.95 bits per heavy atom. The van der Waals surface area contributed by atoms with Gasteiger partial charge in [0.25, 0.3) is 11.6 Å². The number of benzene rings is 1. The molecule has 1 saturated heterocycles. The van der Waals surface area contributed by atoms with Gasteiger partial charge in [0, 0.05) is 18.7 Å². The van der Waals surface area contributed by atoms with E-state index in [2.05, 4.69) is 11.9 Å². The predicted octanol–water partition coefficient (Wildman–Crippen LogP) is 1.67. The first kappa shape index (κ1) is 13.5. The number of hydrogen-bond donors (Lipinski definition) is 1. The highest BCUT2D eigenvalue weighted by atomic mass is 16.6. The van der Waals surface area contributed by atoms with Crippen molar-refractivity contribution < 1.29 is 14.5 Å². The average Bonchev–Trinajstić information content (AvgIpc) is 2.67. The average molecular weight is 273 g/mol. The van der Waals surface area contributed by atoms with Gasteiger partial charge in [-0.25, -0.2) is 4.79 Å². The van der Waals surface area contributed by atoms with E-state index in [-0.39, 0.29) is 17.9 Å². The van der Waals surface area contributed by atoms with E-state index in [1.807, 2.05) is 0 Å². The molecule has 7 heteroatoms. The molecular weight excluding hydrogens is 262 g/mol. The second-order valence-corrected chi connectivity index (χ2v) is 4.04. The quantitative estimate of drug-likeness (QED) is 0.297. The molecule has 0 radical (unpaired) electrons. The lowest BCUT2D eigenvalue weighted by Crippen LogP contribution is -2.30. The van der Waals surface area contributed by atoms with Crippen LogP contribution in [-0.4, -0.2) is 28.3 Å². The Bertz CT molecular complexity index is 619.